The molecule has 0 radical (unpaired) electrons. The molecular weight excluding hydrogens is 226 g/mol. The lowest BCUT2D eigenvalue weighted by Gasteiger charge is -2.23. The fourth-order valence-electron chi connectivity index (χ4n) is 1.45. The van der Waals surface area contributed by atoms with Gasteiger partial charge in [0.15, 0.2) is 0 Å². The number of aromatic nitrogens is 2. The second-order valence-corrected chi connectivity index (χ2v) is 5.32. The molecule has 0 saturated heterocycles. The zero-order chi connectivity index (χ0) is 13.6. The van der Waals surface area contributed by atoms with E-state index in [1.54, 1.807) is 0 Å². The lowest BCUT2D eigenvalue weighted by atomic mass is 9.90. The average Bonchev–Trinajstić information content (AvgIpc) is 2.37. The molecule has 5 heteroatoms. The molecule has 1 rings (SSSR count). The minimum Gasteiger partial charge on any atom is -0.369 e. The smallest absolute Gasteiger partial charge is 0.145 e. The molecule has 18 heavy (non-hydrogen) atoms. The van der Waals surface area contributed by atoms with E-state index in [-0.39, 0.29) is 5.41 Å². The molecule has 102 valence electrons. The maximum Gasteiger partial charge on any atom is 0.145 e. The van der Waals surface area contributed by atoms with Crippen LogP contribution in [-0.2, 0) is 6.42 Å². The fourth-order valence-corrected chi connectivity index (χ4v) is 1.45. The maximum absolute atomic E-state index is 5.42. The summed E-state index contributed by atoms with van der Waals surface area (Å²) in [6.45, 7) is 9.65. The van der Waals surface area contributed by atoms with Crippen LogP contribution in [0.4, 0.5) is 11.6 Å². The fraction of sp³-hybridized carbons (Fsp3) is 0.692. The van der Waals surface area contributed by atoms with Gasteiger partial charge >= 0.3 is 0 Å². The van der Waals surface area contributed by atoms with Crippen molar-refractivity contribution >= 4 is 11.6 Å². The van der Waals surface area contributed by atoms with E-state index in [0.717, 1.165) is 37.4 Å². The molecule has 1 aromatic rings. The van der Waals surface area contributed by atoms with Crippen molar-refractivity contribution in [1.82, 2.24) is 9.97 Å². The summed E-state index contributed by atoms with van der Waals surface area (Å²) in [5, 5.41) is 3.36. The molecule has 0 amide bonds. The van der Waals surface area contributed by atoms with E-state index in [0.29, 0.717) is 5.82 Å². The summed E-state index contributed by atoms with van der Waals surface area (Å²) in [4.78, 5) is 8.81. The second kappa shape index (κ2) is 6.54. The van der Waals surface area contributed by atoms with Gasteiger partial charge in [-0.15, -0.1) is 0 Å². The monoisotopic (exact) mass is 251 g/mol. The van der Waals surface area contributed by atoms with Crippen LogP contribution in [-0.4, -0.2) is 16.5 Å². The Hall–Kier alpha value is -1.36. The standard InChI is InChI=1S/C13H25N5/c1-5-7-10-16-11(8-12(17-10)18-14)15-9-13(3,4)6-2/h8H,5-7,9,14H2,1-4H3,(H2,15,16,17,18). The van der Waals surface area contributed by atoms with Crippen LogP contribution in [0.15, 0.2) is 6.07 Å². The maximum atomic E-state index is 5.42. The van der Waals surface area contributed by atoms with Crippen molar-refractivity contribution in [3.63, 3.8) is 0 Å². The summed E-state index contributed by atoms with van der Waals surface area (Å²) < 4.78 is 0. The quantitative estimate of drug-likeness (QED) is 0.513. The SMILES string of the molecule is CCCc1nc(NN)cc(NCC(C)(C)CC)n1. The van der Waals surface area contributed by atoms with Crippen LogP contribution < -0.4 is 16.6 Å². The third-order valence-corrected chi connectivity index (χ3v) is 3.10. The molecule has 1 heterocycles. The normalized spacial score (nSPS) is 11.4. The predicted molar refractivity (Wildman–Crippen MR) is 76.4 cm³/mol. The first-order valence-electron chi connectivity index (χ1n) is 6.59. The first kappa shape index (κ1) is 14.7. The third-order valence-electron chi connectivity index (χ3n) is 3.10. The van der Waals surface area contributed by atoms with E-state index in [4.69, 9.17) is 5.84 Å². The van der Waals surface area contributed by atoms with Crippen molar-refractivity contribution in [3.8, 4) is 0 Å². The van der Waals surface area contributed by atoms with Gasteiger partial charge in [-0.05, 0) is 18.3 Å². The van der Waals surface area contributed by atoms with E-state index in [1.165, 1.54) is 0 Å². The first-order chi connectivity index (χ1) is 8.50. The van der Waals surface area contributed by atoms with Crippen molar-refractivity contribution < 1.29 is 0 Å². The number of rotatable bonds is 7. The van der Waals surface area contributed by atoms with Gasteiger partial charge in [0.2, 0.25) is 0 Å². The van der Waals surface area contributed by atoms with Gasteiger partial charge < -0.3 is 10.7 Å². The Balaban J connectivity index is 2.78. The topological polar surface area (TPSA) is 75.9 Å². The molecule has 0 bridgehead atoms. The molecular formula is C13H25N5. The van der Waals surface area contributed by atoms with Crippen molar-refractivity contribution in [2.24, 2.45) is 11.3 Å². The zero-order valence-corrected chi connectivity index (χ0v) is 11.9. The first-order valence-corrected chi connectivity index (χ1v) is 6.59. The van der Waals surface area contributed by atoms with Crippen LogP contribution in [0.5, 0.6) is 0 Å². The number of hydrazine groups is 1. The Labute approximate surface area is 110 Å². The summed E-state index contributed by atoms with van der Waals surface area (Å²) in [6.07, 6.45) is 3.00. The highest BCUT2D eigenvalue weighted by Crippen LogP contribution is 2.20. The predicted octanol–water partition coefficient (Wildman–Crippen LogP) is 2.56. The summed E-state index contributed by atoms with van der Waals surface area (Å²) in [5.74, 6) is 7.74. The summed E-state index contributed by atoms with van der Waals surface area (Å²) in [6, 6.07) is 1.84. The van der Waals surface area contributed by atoms with E-state index < -0.39 is 0 Å². The van der Waals surface area contributed by atoms with Crippen LogP contribution in [0.25, 0.3) is 0 Å². The molecule has 4 N–H and O–H groups in total. The molecule has 1 aromatic heterocycles. The minimum atomic E-state index is 0.256. The van der Waals surface area contributed by atoms with E-state index >= 15 is 0 Å². The number of anilines is 2. The van der Waals surface area contributed by atoms with Crippen LogP contribution >= 0.6 is 0 Å². The number of hydrogen-bond donors (Lipinski definition) is 3. The summed E-state index contributed by atoms with van der Waals surface area (Å²) >= 11 is 0. The van der Waals surface area contributed by atoms with Crippen molar-refractivity contribution in [2.45, 2.75) is 47.0 Å². The minimum absolute atomic E-state index is 0.256. The van der Waals surface area contributed by atoms with Crippen molar-refractivity contribution in [3.05, 3.63) is 11.9 Å². The van der Waals surface area contributed by atoms with Crippen LogP contribution in [0.2, 0.25) is 0 Å². The van der Waals surface area contributed by atoms with E-state index in [9.17, 15) is 0 Å². The number of hydrogen-bond acceptors (Lipinski definition) is 5. The number of nitrogens with one attached hydrogen (secondary N) is 2. The molecule has 5 nitrogen and oxygen atoms in total. The van der Waals surface area contributed by atoms with Crippen LogP contribution in [0, 0.1) is 5.41 Å². The lowest BCUT2D eigenvalue weighted by molar-refractivity contribution is 0.376. The highest BCUT2D eigenvalue weighted by Gasteiger charge is 2.15. The lowest BCUT2D eigenvalue weighted by Crippen LogP contribution is -2.23. The Morgan fingerprint density at radius 1 is 1.22 bits per heavy atom. The number of aryl methyl sites for hydroxylation is 1. The molecule has 0 spiro atoms. The van der Waals surface area contributed by atoms with Crippen LogP contribution in [0.1, 0.15) is 46.4 Å². The Morgan fingerprint density at radius 2 is 1.89 bits per heavy atom. The van der Waals surface area contributed by atoms with Crippen molar-refractivity contribution in [2.75, 3.05) is 17.3 Å². The molecule has 0 saturated carbocycles. The van der Waals surface area contributed by atoms with Gasteiger partial charge in [-0.1, -0.05) is 27.7 Å². The molecule has 0 unspecified atom stereocenters. The number of nitrogens with two attached hydrogens (primary N) is 1. The number of nitrogens with zero attached hydrogens (tertiary/aromatic N) is 2. The van der Waals surface area contributed by atoms with Crippen molar-refractivity contribution in [1.29, 1.82) is 0 Å². The third kappa shape index (κ3) is 4.49. The van der Waals surface area contributed by atoms with Gasteiger partial charge in [-0.2, -0.15) is 0 Å². The highest BCUT2D eigenvalue weighted by molar-refractivity contribution is 5.47. The van der Waals surface area contributed by atoms with E-state index in [1.807, 2.05) is 6.07 Å². The second-order valence-electron chi connectivity index (χ2n) is 5.32. The Kier molecular flexibility index (Phi) is 5.34. The highest BCUT2D eigenvalue weighted by atomic mass is 15.3. The molecule has 0 aliphatic rings. The summed E-state index contributed by atoms with van der Waals surface area (Å²) in [5.41, 5.74) is 2.84. The van der Waals surface area contributed by atoms with Gasteiger partial charge in [0.1, 0.15) is 17.5 Å². The average molecular weight is 251 g/mol. The summed E-state index contributed by atoms with van der Waals surface area (Å²) in [7, 11) is 0. The Morgan fingerprint density at radius 3 is 2.44 bits per heavy atom. The molecule has 0 atom stereocenters. The van der Waals surface area contributed by atoms with Gasteiger partial charge in [0.25, 0.3) is 0 Å². The van der Waals surface area contributed by atoms with E-state index in [2.05, 4.69) is 48.4 Å². The zero-order valence-electron chi connectivity index (χ0n) is 11.9. The molecule has 0 aliphatic heterocycles. The van der Waals surface area contributed by atoms with Crippen LogP contribution in [0.3, 0.4) is 0 Å². The van der Waals surface area contributed by atoms with Gasteiger partial charge in [-0.3, -0.25) is 0 Å². The van der Waals surface area contributed by atoms with Gasteiger partial charge in [0.05, 0.1) is 0 Å². The number of nitrogen functional groups attached to an aromatic ring is 1. The Bertz CT molecular complexity index is 376. The van der Waals surface area contributed by atoms with Gasteiger partial charge in [-0.25, -0.2) is 15.8 Å². The molecule has 0 aliphatic carbocycles. The van der Waals surface area contributed by atoms with Gasteiger partial charge in [0, 0.05) is 19.0 Å². The molecule has 0 aromatic carbocycles. The molecule has 0 fully saturated rings. The largest absolute Gasteiger partial charge is 0.369 e.